The summed E-state index contributed by atoms with van der Waals surface area (Å²) < 4.78 is 5.63. The van der Waals surface area contributed by atoms with E-state index in [1.165, 1.54) is 18.4 Å². The van der Waals surface area contributed by atoms with Crippen LogP contribution in [0.1, 0.15) is 38.2 Å². The predicted octanol–water partition coefficient (Wildman–Crippen LogP) is 3.58. The van der Waals surface area contributed by atoms with Gasteiger partial charge in [-0.15, -0.1) is 0 Å². The zero-order valence-corrected chi connectivity index (χ0v) is 11.2. The van der Waals surface area contributed by atoms with Gasteiger partial charge in [-0.1, -0.05) is 17.7 Å². The van der Waals surface area contributed by atoms with Crippen molar-refractivity contribution in [3.05, 3.63) is 28.8 Å². The number of hydrogen-bond donors (Lipinski definition) is 1. The van der Waals surface area contributed by atoms with E-state index >= 15 is 0 Å². The standard InChI is InChI=1S/C14H20ClNO/c1-9(2)17-14-6-5-11(7-13(14)15)12(8-16)10-3-4-10/h5-7,9-10,12H,3-4,8,16H2,1-2H3. The summed E-state index contributed by atoms with van der Waals surface area (Å²) >= 11 is 6.23. The third-order valence-corrected chi connectivity index (χ3v) is 3.49. The van der Waals surface area contributed by atoms with Crippen molar-refractivity contribution in [3.8, 4) is 5.75 Å². The first-order chi connectivity index (χ1) is 8.11. The molecule has 17 heavy (non-hydrogen) atoms. The van der Waals surface area contributed by atoms with Gasteiger partial charge in [0.05, 0.1) is 11.1 Å². The fourth-order valence-electron chi connectivity index (χ4n) is 2.20. The van der Waals surface area contributed by atoms with Gasteiger partial charge in [-0.05, 0) is 62.8 Å². The van der Waals surface area contributed by atoms with Crippen LogP contribution in [0.5, 0.6) is 5.75 Å². The zero-order valence-electron chi connectivity index (χ0n) is 10.4. The van der Waals surface area contributed by atoms with Crippen LogP contribution in [0.25, 0.3) is 0 Å². The van der Waals surface area contributed by atoms with E-state index < -0.39 is 0 Å². The number of rotatable bonds is 5. The van der Waals surface area contributed by atoms with Crippen LogP contribution < -0.4 is 10.5 Å². The van der Waals surface area contributed by atoms with Gasteiger partial charge in [0.1, 0.15) is 5.75 Å². The molecule has 1 aliphatic carbocycles. The molecule has 94 valence electrons. The molecule has 3 heteroatoms. The lowest BCUT2D eigenvalue weighted by molar-refractivity contribution is 0.242. The first kappa shape index (κ1) is 12.7. The third kappa shape index (κ3) is 3.14. The minimum Gasteiger partial charge on any atom is -0.489 e. The molecule has 1 atom stereocenters. The van der Waals surface area contributed by atoms with Crippen LogP contribution in [0.4, 0.5) is 0 Å². The van der Waals surface area contributed by atoms with E-state index in [4.69, 9.17) is 22.1 Å². The molecule has 0 amide bonds. The van der Waals surface area contributed by atoms with Crippen molar-refractivity contribution in [1.82, 2.24) is 0 Å². The summed E-state index contributed by atoms with van der Waals surface area (Å²) in [6, 6.07) is 6.07. The molecule has 2 N–H and O–H groups in total. The van der Waals surface area contributed by atoms with E-state index in [1.54, 1.807) is 0 Å². The van der Waals surface area contributed by atoms with Crippen LogP contribution >= 0.6 is 11.6 Å². The summed E-state index contributed by atoms with van der Waals surface area (Å²) in [6.07, 6.45) is 2.74. The van der Waals surface area contributed by atoms with Crippen LogP contribution in [-0.2, 0) is 0 Å². The molecule has 0 spiro atoms. The molecular weight excluding hydrogens is 234 g/mol. The maximum absolute atomic E-state index is 6.23. The van der Waals surface area contributed by atoms with Crippen LogP contribution in [0.15, 0.2) is 18.2 Å². The van der Waals surface area contributed by atoms with Crippen molar-refractivity contribution in [1.29, 1.82) is 0 Å². The molecule has 0 aliphatic heterocycles. The Hall–Kier alpha value is -0.730. The molecule has 0 saturated heterocycles. The van der Waals surface area contributed by atoms with E-state index in [1.807, 2.05) is 26.0 Å². The highest BCUT2D eigenvalue weighted by atomic mass is 35.5. The van der Waals surface area contributed by atoms with Crippen LogP contribution in [0.3, 0.4) is 0 Å². The first-order valence-electron chi connectivity index (χ1n) is 6.28. The highest BCUT2D eigenvalue weighted by molar-refractivity contribution is 6.32. The summed E-state index contributed by atoms with van der Waals surface area (Å²) in [4.78, 5) is 0. The lowest BCUT2D eigenvalue weighted by atomic mass is 9.94. The van der Waals surface area contributed by atoms with Crippen molar-refractivity contribution in [2.75, 3.05) is 6.54 Å². The third-order valence-electron chi connectivity index (χ3n) is 3.19. The molecule has 2 rings (SSSR count). The van der Waals surface area contributed by atoms with Gasteiger partial charge in [-0.25, -0.2) is 0 Å². The Labute approximate surface area is 108 Å². The van der Waals surface area contributed by atoms with E-state index in [-0.39, 0.29) is 6.10 Å². The lowest BCUT2D eigenvalue weighted by Gasteiger charge is -2.17. The highest BCUT2D eigenvalue weighted by Gasteiger charge is 2.31. The van der Waals surface area contributed by atoms with Gasteiger partial charge in [0.15, 0.2) is 0 Å². The molecule has 1 fully saturated rings. The molecular formula is C14H20ClNO. The second-order valence-electron chi connectivity index (χ2n) is 5.04. The molecule has 0 aromatic heterocycles. The van der Waals surface area contributed by atoms with E-state index in [0.29, 0.717) is 17.5 Å². The van der Waals surface area contributed by atoms with Crippen molar-refractivity contribution in [3.63, 3.8) is 0 Å². The minimum atomic E-state index is 0.145. The fraction of sp³-hybridized carbons (Fsp3) is 0.571. The fourth-order valence-corrected chi connectivity index (χ4v) is 2.43. The number of nitrogens with two attached hydrogens (primary N) is 1. The average molecular weight is 254 g/mol. The van der Waals surface area contributed by atoms with Gasteiger partial charge in [-0.2, -0.15) is 0 Å². The van der Waals surface area contributed by atoms with Gasteiger partial charge >= 0.3 is 0 Å². The summed E-state index contributed by atoms with van der Waals surface area (Å²) in [5.41, 5.74) is 7.09. The summed E-state index contributed by atoms with van der Waals surface area (Å²) in [5, 5.41) is 0.690. The maximum Gasteiger partial charge on any atom is 0.138 e. The Morgan fingerprint density at radius 3 is 2.59 bits per heavy atom. The molecule has 1 aromatic rings. The van der Waals surface area contributed by atoms with Gasteiger partial charge in [0.2, 0.25) is 0 Å². The molecule has 2 nitrogen and oxygen atoms in total. The van der Waals surface area contributed by atoms with E-state index in [0.717, 1.165) is 11.7 Å². The molecule has 1 saturated carbocycles. The quantitative estimate of drug-likeness (QED) is 0.871. The number of hydrogen-bond acceptors (Lipinski definition) is 2. The van der Waals surface area contributed by atoms with Gasteiger partial charge in [0.25, 0.3) is 0 Å². The molecule has 1 unspecified atom stereocenters. The Kier molecular flexibility index (Phi) is 3.95. The summed E-state index contributed by atoms with van der Waals surface area (Å²) in [7, 11) is 0. The largest absolute Gasteiger partial charge is 0.489 e. The van der Waals surface area contributed by atoms with Crippen molar-refractivity contribution in [2.24, 2.45) is 11.7 Å². The SMILES string of the molecule is CC(C)Oc1ccc(C(CN)C2CC2)cc1Cl. The van der Waals surface area contributed by atoms with Crippen LogP contribution in [0, 0.1) is 5.92 Å². The Morgan fingerprint density at radius 1 is 1.41 bits per heavy atom. The van der Waals surface area contributed by atoms with Crippen molar-refractivity contribution < 1.29 is 4.74 Å². The smallest absolute Gasteiger partial charge is 0.138 e. The highest BCUT2D eigenvalue weighted by Crippen LogP contribution is 2.43. The second kappa shape index (κ2) is 5.28. The van der Waals surface area contributed by atoms with Gasteiger partial charge in [0, 0.05) is 0 Å². The topological polar surface area (TPSA) is 35.2 Å². The van der Waals surface area contributed by atoms with E-state index in [9.17, 15) is 0 Å². The number of halogens is 1. The normalized spacial score (nSPS) is 17.2. The molecule has 1 aromatic carbocycles. The molecule has 0 radical (unpaired) electrons. The second-order valence-corrected chi connectivity index (χ2v) is 5.44. The summed E-state index contributed by atoms with van der Waals surface area (Å²) in [6.45, 7) is 4.69. The predicted molar refractivity (Wildman–Crippen MR) is 71.7 cm³/mol. The monoisotopic (exact) mass is 253 g/mol. The zero-order chi connectivity index (χ0) is 12.4. The molecule has 1 aliphatic rings. The van der Waals surface area contributed by atoms with Gasteiger partial charge < -0.3 is 10.5 Å². The van der Waals surface area contributed by atoms with Crippen molar-refractivity contribution in [2.45, 2.75) is 38.7 Å². The van der Waals surface area contributed by atoms with E-state index in [2.05, 4.69) is 6.07 Å². The Morgan fingerprint density at radius 2 is 2.12 bits per heavy atom. The first-order valence-corrected chi connectivity index (χ1v) is 6.65. The Bertz CT molecular complexity index is 388. The molecule has 0 bridgehead atoms. The maximum atomic E-state index is 6.23. The lowest BCUT2D eigenvalue weighted by Crippen LogP contribution is -2.14. The minimum absolute atomic E-state index is 0.145. The molecule has 0 heterocycles. The van der Waals surface area contributed by atoms with Crippen molar-refractivity contribution >= 4 is 11.6 Å². The van der Waals surface area contributed by atoms with Crippen LogP contribution in [0.2, 0.25) is 5.02 Å². The Balaban J connectivity index is 2.17. The summed E-state index contributed by atoms with van der Waals surface area (Å²) in [5.74, 6) is 1.98. The average Bonchev–Trinajstić information content (AvgIpc) is 3.07. The van der Waals surface area contributed by atoms with Crippen LogP contribution in [-0.4, -0.2) is 12.6 Å². The van der Waals surface area contributed by atoms with Gasteiger partial charge in [-0.3, -0.25) is 0 Å². The number of benzene rings is 1. The number of ether oxygens (including phenoxy) is 1.